The smallest absolute Gasteiger partial charge is 0.410 e. The largest absolute Gasteiger partial charge is 0.465 e. The zero-order valence-electron chi connectivity index (χ0n) is 6.12. The van der Waals surface area contributed by atoms with Gasteiger partial charge in [0.25, 0.3) is 0 Å². The number of amides is 1. The van der Waals surface area contributed by atoms with E-state index in [1.807, 2.05) is 6.07 Å². The third-order valence-electron chi connectivity index (χ3n) is 1.18. The van der Waals surface area contributed by atoms with E-state index in [9.17, 15) is 4.79 Å². The molecule has 2 N–H and O–H groups in total. The number of hydrogen-bond acceptors (Lipinski definition) is 2. The fourth-order valence-electron chi connectivity index (χ4n) is 0.733. The Hall–Kier alpha value is -1.10. The number of aromatic nitrogens is 1. The number of anilines is 1. The summed E-state index contributed by atoms with van der Waals surface area (Å²) in [5.74, 6) is 0.347. The molecule has 0 aliphatic carbocycles. The minimum absolute atomic E-state index is 0.347. The highest BCUT2D eigenvalue weighted by Crippen LogP contribution is 2.07. The Kier molecular flexibility index (Phi) is 3.04. The van der Waals surface area contributed by atoms with Crippen LogP contribution in [0.5, 0.6) is 0 Å². The number of carboxylic acid groups (broad SMARTS) is 1. The zero-order valence-corrected chi connectivity index (χ0v) is 7.71. The van der Waals surface area contributed by atoms with Crippen molar-refractivity contribution in [2.75, 3.05) is 5.32 Å². The van der Waals surface area contributed by atoms with Gasteiger partial charge < -0.3 is 5.11 Å². The van der Waals surface area contributed by atoms with Crippen LogP contribution in [0.25, 0.3) is 0 Å². The quantitative estimate of drug-likeness (QED) is 0.765. The Bertz CT molecular complexity index is 290. The Balaban J connectivity index is 2.79. The maximum absolute atomic E-state index is 10.2. The molecule has 1 heterocycles. The summed E-state index contributed by atoms with van der Waals surface area (Å²) in [7, 11) is 0. The number of hydrogen-bond donors (Lipinski definition) is 2. The monoisotopic (exact) mass is 230 g/mol. The second kappa shape index (κ2) is 4.06. The van der Waals surface area contributed by atoms with Crippen LogP contribution in [0, 0.1) is 0 Å². The molecule has 0 unspecified atom stereocenters. The van der Waals surface area contributed by atoms with Gasteiger partial charge >= 0.3 is 6.09 Å². The number of nitrogens with one attached hydrogen (secondary N) is 1. The lowest BCUT2D eigenvalue weighted by Gasteiger charge is -2.00. The maximum atomic E-state index is 10.2. The van der Waals surface area contributed by atoms with Gasteiger partial charge in [-0.3, -0.25) is 5.32 Å². The molecular weight excluding hydrogens is 224 g/mol. The highest BCUT2D eigenvalue weighted by atomic mass is 79.9. The molecule has 0 saturated carbocycles. The van der Waals surface area contributed by atoms with Crippen LogP contribution >= 0.6 is 15.9 Å². The summed E-state index contributed by atoms with van der Waals surface area (Å²) >= 11 is 3.22. The van der Waals surface area contributed by atoms with Crippen molar-refractivity contribution < 1.29 is 9.90 Å². The molecule has 5 heteroatoms. The average Bonchev–Trinajstić information content (AvgIpc) is 2.03. The molecule has 64 valence electrons. The molecule has 1 aromatic rings. The number of carbonyl (C=O) groups is 1. The summed E-state index contributed by atoms with van der Waals surface area (Å²) in [5, 5.41) is 11.1. The van der Waals surface area contributed by atoms with Crippen molar-refractivity contribution in [1.29, 1.82) is 0 Å². The average molecular weight is 231 g/mol. The van der Waals surface area contributed by atoms with Crippen molar-refractivity contribution >= 4 is 27.8 Å². The summed E-state index contributed by atoms with van der Waals surface area (Å²) in [5.41, 5.74) is 0.793. The van der Waals surface area contributed by atoms with Gasteiger partial charge in [-0.25, -0.2) is 9.78 Å². The fourth-order valence-corrected chi connectivity index (χ4v) is 1.05. The topological polar surface area (TPSA) is 62.2 Å². The minimum Gasteiger partial charge on any atom is -0.465 e. The van der Waals surface area contributed by atoms with E-state index in [1.54, 1.807) is 12.1 Å². The lowest BCUT2D eigenvalue weighted by Crippen LogP contribution is -2.08. The molecule has 0 aliphatic rings. The normalized spacial score (nSPS) is 9.42. The number of halogens is 1. The van der Waals surface area contributed by atoms with Gasteiger partial charge in [0.2, 0.25) is 0 Å². The van der Waals surface area contributed by atoms with Gasteiger partial charge in [0.05, 0.1) is 5.69 Å². The van der Waals surface area contributed by atoms with Crippen molar-refractivity contribution in [1.82, 2.24) is 4.98 Å². The van der Waals surface area contributed by atoms with Crippen LogP contribution in [0.2, 0.25) is 0 Å². The van der Waals surface area contributed by atoms with Crippen LogP contribution in [-0.4, -0.2) is 16.2 Å². The third kappa shape index (κ3) is 2.50. The van der Waals surface area contributed by atoms with Crippen LogP contribution in [0.3, 0.4) is 0 Å². The minimum atomic E-state index is -1.10. The van der Waals surface area contributed by atoms with Crippen LogP contribution in [0.1, 0.15) is 5.69 Å². The molecule has 0 aliphatic heterocycles. The van der Waals surface area contributed by atoms with Crippen LogP contribution in [0.4, 0.5) is 10.6 Å². The van der Waals surface area contributed by atoms with Crippen LogP contribution in [0.15, 0.2) is 18.2 Å². The van der Waals surface area contributed by atoms with Crippen molar-refractivity contribution in [2.45, 2.75) is 5.33 Å². The fraction of sp³-hybridized carbons (Fsp3) is 0.143. The van der Waals surface area contributed by atoms with E-state index in [1.165, 1.54) is 0 Å². The zero-order chi connectivity index (χ0) is 8.97. The molecule has 0 bridgehead atoms. The van der Waals surface area contributed by atoms with E-state index in [4.69, 9.17) is 5.11 Å². The van der Waals surface area contributed by atoms with Crippen molar-refractivity contribution in [3.8, 4) is 0 Å². The maximum Gasteiger partial charge on any atom is 0.410 e. The molecule has 0 atom stereocenters. The van der Waals surface area contributed by atoms with E-state index >= 15 is 0 Å². The molecular formula is C7H7BrN2O2. The number of pyridine rings is 1. The van der Waals surface area contributed by atoms with Gasteiger partial charge in [0, 0.05) is 5.33 Å². The van der Waals surface area contributed by atoms with Gasteiger partial charge in [-0.05, 0) is 12.1 Å². The first-order valence-electron chi connectivity index (χ1n) is 3.24. The molecule has 0 fully saturated rings. The van der Waals surface area contributed by atoms with E-state index in [2.05, 4.69) is 26.2 Å². The third-order valence-corrected chi connectivity index (χ3v) is 1.75. The van der Waals surface area contributed by atoms with E-state index in [0.29, 0.717) is 11.1 Å². The first-order valence-corrected chi connectivity index (χ1v) is 4.36. The molecule has 0 radical (unpaired) electrons. The molecule has 1 aromatic heterocycles. The van der Waals surface area contributed by atoms with E-state index in [-0.39, 0.29) is 0 Å². The molecule has 12 heavy (non-hydrogen) atoms. The van der Waals surface area contributed by atoms with E-state index < -0.39 is 6.09 Å². The number of alkyl halides is 1. The van der Waals surface area contributed by atoms with E-state index in [0.717, 1.165) is 5.69 Å². The first kappa shape index (κ1) is 8.99. The van der Waals surface area contributed by atoms with Crippen LogP contribution in [-0.2, 0) is 5.33 Å². The van der Waals surface area contributed by atoms with Crippen LogP contribution < -0.4 is 5.32 Å². The van der Waals surface area contributed by atoms with Crippen molar-refractivity contribution in [3.05, 3.63) is 23.9 Å². The van der Waals surface area contributed by atoms with Gasteiger partial charge in [0.1, 0.15) is 5.82 Å². The summed E-state index contributed by atoms with van der Waals surface area (Å²) in [6.45, 7) is 0. The Morgan fingerprint density at radius 2 is 2.42 bits per heavy atom. The highest BCUT2D eigenvalue weighted by molar-refractivity contribution is 9.08. The molecule has 1 amide bonds. The van der Waals surface area contributed by atoms with Crippen molar-refractivity contribution in [2.24, 2.45) is 0 Å². The predicted molar refractivity (Wildman–Crippen MR) is 48.5 cm³/mol. The Morgan fingerprint density at radius 3 is 3.00 bits per heavy atom. The lowest BCUT2D eigenvalue weighted by molar-refractivity contribution is 0.209. The number of nitrogens with zero attached hydrogens (tertiary/aromatic N) is 1. The van der Waals surface area contributed by atoms with Gasteiger partial charge in [0.15, 0.2) is 0 Å². The Labute approximate surface area is 77.8 Å². The molecule has 4 nitrogen and oxygen atoms in total. The summed E-state index contributed by atoms with van der Waals surface area (Å²) in [6.07, 6.45) is -1.10. The summed E-state index contributed by atoms with van der Waals surface area (Å²) in [6, 6.07) is 5.15. The summed E-state index contributed by atoms with van der Waals surface area (Å²) in [4.78, 5) is 14.2. The van der Waals surface area contributed by atoms with Gasteiger partial charge in [-0.1, -0.05) is 22.0 Å². The SMILES string of the molecule is O=C(O)Nc1cccc(CBr)n1. The van der Waals surface area contributed by atoms with Gasteiger partial charge in [-0.2, -0.15) is 0 Å². The second-order valence-electron chi connectivity index (χ2n) is 2.08. The second-order valence-corrected chi connectivity index (χ2v) is 2.64. The Morgan fingerprint density at radius 1 is 1.67 bits per heavy atom. The molecule has 0 saturated heterocycles. The molecule has 1 rings (SSSR count). The van der Waals surface area contributed by atoms with Gasteiger partial charge in [-0.15, -0.1) is 0 Å². The molecule has 0 spiro atoms. The van der Waals surface area contributed by atoms with Crippen molar-refractivity contribution in [3.63, 3.8) is 0 Å². The first-order chi connectivity index (χ1) is 5.72. The number of rotatable bonds is 2. The summed E-state index contributed by atoms with van der Waals surface area (Å²) < 4.78 is 0. The lowest BCUT2D eigenvalue weighted by atomic mass is 10.4. The standard InChI is InChI=1S/C7H7BrN2O2/c8-4-5-2-1-3-6(9-5)10-7(11)12/h1-3H,4H2,(H,9,10)(H,11,12). The molecule has 0 aromatic carbocycles. The predicted octanol–water partition coefficient (Wildman–Crippen LogP) is 2.07. The highest BCUT2D eigenvalue weighted by Gasteiger charge is 1.99.